The SMILES string of the molecule is O=S(=O)([O-])c1ccc(N=Nc2ccc(-c3ccc(Nc4nc(Nc5ccc(N=Nc6ccc(N=Nc7cc[c-]cc7)c7c[c-]ccc67)cc5)nc(N5CCOCC5)n4)cc3)c3ccc(S(=O)(=O)[O-])cc23)cc1.[Na+].[Na+].[Na+].[Na+]. The van der Waals surface area contributed by atoms with Crippen LogP contribution in [0.4, 0.5) is 63.3 Å². The topological polar surface area (TPSA) is 264 Å². The molecule has 0 aliphatic carbocycles. The smallest absolute Gasteiger partial charge is 0.744 e. The van der Waals surface area contributed by atoms with Crippen molar-refractivity contribution in [1.29, 1.82) is 0 Å². The fraction of sp³-hybridized carbons (Fsp3) is 0.0784. The minimum absolute atomic E-state index is 0. The largest absolute Gasteiger partial charge is 1.00 e. The van der Waals surface area contributed by atoms with Crippen molar-refractivity contribution in [3.8, 4) is 11.1 Å². The van der Waals surface area contributed by atoms with E-state index in [4.69, 9.17) is 19.7 Å². The van der Waals surface area contributed by atoms with Crippen LogP contribution in [0, 0.1) is 12.1 Å². The second-order valence-electron chi connectivity index (χ2n) is 15.9. The van der Waals surface area contributed by atoms with Crippen LogP contribution >= 0.6 is 0 Å². The molecule has 2 N–H and O–H groups in total. The molecule has 1 aliphatic heterocycles. The van der Waals surface area contributed by atoms with E-state index in [1.165, 1.54) is 30.3 Å². The third-order valence-electron chi connectivity index (χ3n) is 11.2. The van der Waals surface area contributed by atoms with Gasteiger partial charge in [-0.1, -0.05) is 35.0 Å². The number of fused-ring (bicyclic) bond motifs is 2. The van der Waals surface area contributed by atoms with E-state index in [2.05, 4.69) is 53.5 Å². The van der Waals surface area contributed by atoms with Crippen LogP contribution in [-0.2, 0) is 25.0 Å². The Kier molecular flexibility index (Phi) is 21.7. The Bertz CT molecular complexity index is 3810. The molecular weight excluding hydrogens is 1050 g/mol. The first-order valence-electron chi connectivity index (χ1n) is 22.0. The first kappa shape index (κ1) is 60.5. The molecule has 1 saturated heterocycles. The Hall–Kier alpha value is -4.73. The number of hydrogen-bond acceptors (Lipinski definition) is 19. The van der Waals surface area contributed by atoms with Crippen LogP contribution in [0.1, 0.15) is 0 Å². The Labute approximate surface area is 525 Å². The molecule has 358 valence electrons. The molecule has 1 aliphatic rings. The van der Waals surface area contributed by atoms with Crippen LogP contribution in [0.5, 0.6) is 0 Å². The first-order chi connectivity index (χ1) is 34.9. The standard InChI is InChI=1S/C51H38N12O7S2.4Na/c64-71(65,66)39-20-18-38(19-21-39)59-62-48-25-24-41(42-23-22-40(32-45(42)48)72(67,68)69)33-10-12-34(13-11-33)52-49-54-50(56-51(55-49)63-28-30-70-31-29-63)53-35-14-16-37(17-15-35)58-61-47-27-26-46(43-8-4-5-9-44(43)47)60-57-36-6-2-1-3-7-36;;;;/h2-3,5-27,32H,28-31H2,(H,64,65,66)(H,67,68,69)(H2,52,53,54,55,56);;;;/q-2;4*+1/p-2. The van der Waals surface area contributed by atoms with Gasteiger partial charge in [0.05, 0.1) is 45.8 Å². The Balaban J connectivity index is 0.00000234. The van der Waals surface area contributed by atoms with Crippen molar-refractivity contribution in [1.82, 2.24) is 15.0 Å². The molecule has 9 aromatic rings. The second-order valence-corrected chi connectivity index (χ2v) is 18.7. The summed E-state index contributed by atoms with van der Waals surface area (Å²) in [5.74, 6) is 1.02. The van der Waals surface area contributed by atoms with Gasteiger partial charge in [0.15, 0.2) is 0 Å². The maximum Gasteiger partial charge on any atom is 1.00 e. The third-order valence-corrected chi connectivity index (χ3v) is 12.9. The van der Waals surface area contributed by atoms with Crippen LogP contribution in [0.2, 0.25) is 0 Å². The van der Waals surface area contributed by atoms with Gasteiger partial charge in [0, 0.05) is 35.5 Å². The van der Waals surface area contributed by atoms with Crippen LogP contribution in [0.15, 0.2) is 198 Å². The molecular formula is C51H36N12Na4O7S2. The number of hydrogen-bond donors (Lipinski definition) is 2. The Morgan fingerprint density at radius 2 is 0.974 bits per heavy atom. The van der Waals surface area contributed by atoms with Gasteiger partial charge in [-0.15, -0.1) is 17.2 Å². The number of morpholine rings is 1. The summed E-state index contributed by atoms with van der Waals surface area (Å²) in [5, 5.41) is 35.5. The van der Waals surface area contributed by atoms with Crippen molar-refractivity contribution >= 4 is 105 Å². The van der Waals surface area contributed by atoms with Gasteiger partial charge in [-0.3, -0.25) is 0 Å². The third kappa shape index (κ3) is 15.1. The van der Waals surface area contributed by atoms with Crippen molar-refractivity contribution in [2.45, 2.75) is 9.79 Å². The van der Waals surface area contributed by atoms with Crippen molar-refractivity contribution < 1.29 is 149 Å². The normalized spacial score (nSPS) is 12.7. The summed E-state index contributed by atoms with van der Waals surface area (Å²) in [6, 6.07) is 49.6. The summed E-state index contributed by atoms with van der Waals surface area (Å²) >= 11 is 0. The van der Waals surface area contributed by atoms with E-state index in [0.717, 1.165) is 34.2 Å². The van der Waals surface area contributed by atoms with Crippen LogP contribution < -0.4 is 134 Å². The molecule has 10 rings (SSSR count). The number of nitrogens with zero attached hydrogens (tertiary/aromatic N) is 10. The van der Waals surface area contributed by atoms with E-state index in [1.807, 2.05) is 95.9 Å². The number of anilines is 5. The summed E-state index contributed by atoms with van der Waals surface area (Å²) in [6.45, 7) is 2.21. The van der Waals surface area contributed by atoms with Crippen LogP contribution in [-0.4, -0.2) is 67.2 Å². The molecule has 0 saturated carbocycles. The molecule has 0 unspecified atom stereocenters. The summed E-state index contributed by atoms with van der Waals surface area (Å²) < 4.78 is 75.9. The summed E-state index contributed by atoms with van der Waals surface area (Å²) in [5.41, 5.74) is 5.95. The monoisotopic (exact) mass is 1080 g/mol. The number of azo groups is 3. The second kappa shape index (κ2) is 27.2. The van der Waals surface area contributed by atoms with Gasteiger partial charge in [0.1, 0.15) is 20.2 Å². The first-order valence-corrected chi connectivity index (χ1v) is 24.8. The number of nitrogens with one attached hydrogen (secondary N) is 2. The summed E-state index contributed by atoms with van der Waals surface area (Å²) in [6.07, 6.45) is 0. The molecule has 0 amide bonds. The molecule has 0 spiro atoms. The van der Waals surface area contributed by atoms with E-state index >= 15 is 0 Å². The Morgan fingerprint density at radius 1 is 0.487 bits per heavy atom. The zero-order valence-corrected chi connectivity index (χ0v) is 51.1. The maximum atomic E-state index is 12.1. The van der Waals surface area contributed by atoms with Crippen molar-refractivity contribution in [2.75, 3.05) is 41.8 Å². The number of rotatable bonds is 14. The number of benzene rings is 8. The van der Waals surface area contributed by atoms with E-state index < -0.39 is 30.0 Å². The molecule has 1 aromatic heterocycles. The van der Waals surface area contributed by atoms with Crippen LogP contribution in [0.3, 0.4) is 0 Å². The summed E-state index contributed by atoms with van der Waals surface area (Å²) in [4.78, 5) is 15.3. The van der Waals surface area contributed by atoms with Crippen LogP contribution in [0.25, 0.3) is 32.7 Å². The molecule has 8 aromatic carbocycles. The van der Waals surface area contributed by atoms with Gasteiger partial charge in [-0.25, -0.2) is 16.8 Å². The molecule has 1 fully saturated rings. The van der Waals surface area contributed by atoms with E-state index in [1.54, 1.807) is 24.3 Å². The quantitative estimate of drug-likeness (QED) is 0.0622. The zero-order chi connectivity index (χ0) is 49.7. The fourth-order valence-electron chi connectivity index (χ4n) is 7.63. The summed E-state index contributed by atoms with van der Waals surface area (Å²) in [7, 11) is -9.49. The van der Waals surface area contributed by atoms with Gasteiger partial charge in [0.25, 0.3) is 0 Å². The molecule has 25 heteroatoms. The van der Waals surface area contributed by atoms with Gasteiger partial charge in [0.2, 0.25) is 17.8 Å². The van der Waals surface area contributed by atoms with Gasteiger partial charge < -0.3 is 29.4 Å². The molecule has 0 radical (unpaired) electrons. The van der Waals surface area contributed by atoms with Crippen molar-refractivity contribution in [3.05, 3.63) is 170 Å². The Morgan fingerprint density at radius 3 is 1.55 bits per heavy atom. The average molecular weight is 1090 g/mol. The molecule has 0 atom stereocenters. The van der Waals surface area contributed by atoms with Crippen molar-refractivity contribution in [2.24, 2.45) is 30.7 Å². The molecule has 76 heavy (non-hydrogen) atoms. The maximum absolute atomic E-state index is 12.1. The fourth-order valence-corrected chi connectivity index (χ4v) is 8.59. The molecule has 19 nitrogen and oxygen atoms in total. The molecule has 0 bridgehead atoms. The van der Waals surface area contributed by atoms with Gasteiger partial charge >= 0.3 is 118 Å². The predicted molar refractivity (Wildman–Crippen MR) is 268 cm³/mol. The number of ether oxygens (including phenoxy) is 1. The average Bonchev–Trinajstić information content (AvgIpc) is 3.39. The van der Waals surface area contributed by atoms with Gasteiger partial charge in [-0.2, -0.15) is 83.0 Å². The predicted octanol–water partition coefficient (Wildman–Crippen LogP) is -0.160. The minimum atomic E-state index is -4.83. The van der Waals surface area contributed by atoms with Crippen molar-refractivity contribution in [3.63, 3.8) is 0 Å². The van der Waals surface area contributed by atoms with E-state index in [0.29, 0.717) is 83.0 Å². The van der Waals surface area contributed by atoms with E-state index in [-0.39, 0.29) is 136 Å². The number of aromatic nitrogens is 3. The minimum Gasteiger partial charge on any atom is -0.744 e. The zero-order valence-electron chi connectivity index (χ0n) is 41.5. The van der Waals surface area contributed by atoms with Gasteiger partial charge in [-0.05, 0) is 113 Å². The molecule has 2 heterocycles. The van der Waals surface area contributed by atoms with E-state index in [9.17, 15) is 25.9 Å².